The van der Waals surface area contributed by atoms with Crippen LogP contribution in [0.15, 0.2) is 58.6 Å². The fraction of sp³-hybridized carbons (Fsp3) is 0.333. The first-order valence-electron chi connectivity index (χ1n) is 12.0. The second-order valence-electron chi connectivity index (χ2n) is 9.24. The molecule has 5 heterocycles. The molecule has 38 heavy (non-hydrogen) atoms. The molecule has 3 aliphatic rings. The number of anilines is 1. The number of nitrogens with zero attached hydrogens (tertiary/aromatic N) is 5. The summed E-state index contributed by atoms with van der Waals surface area (Å²) in [6.07, 6.45) is 7.73. The van der Waals surface area contributed by atoms with Gasteiger partial charge in [-0.25, -0.2) is 14.0 Å². The van der Waals surface area contributed by atoms with E-state index >= 15 is 0 Å². The maximum Gasteiger partial charge on any atom is 0.286 e. The van der Waals surface area contributed by atoms with Gasteiger partial charge in [0.05, 0.1) is 17.9 Å². The number of thiazole rings is 1. The van der Waals surface area contributed by atoms with Crippen LogP contribution in [0.1, 0.15) is 18.5 Å². The molecule has 2 atom stereocenters. The van der Waals surface area contributed by atoms with Crippen molar-refractivity contribution < 1.29 is 28.9 Å². The van der Waals surface area contributed by atoms with E-state index in [2.05, 4.69) is 15.5 Å². The van der Waals surface area contributed by atoms with E-state index in [1.165, 1.54) is 16.7 Å². The molecule has 0 bridgehead atoms. The number of imidazole rings is 1. The SMILES string of the molecule is Nc1nc(/C(=N/OCC2CC2)C(=O)N[C@@H]2C(=O)N3C(C(=O)[O-])=C(C[n+]4ccn5ccccc54)CS[C@@H]23)cs1. The number of aliphatic carboxylic acids is 1. The number of amides is 2. The number of β-lactam (4-membered cyclic amide) rings is 1. The third-order valence-corrected chi connectivity index (χ3v) is 8.61. The van der Waals surface area contributed by atoms with Crippen molar-refractivity contribution >= 4 is 57.4 Å². The molecule has 2 amide bonds. The van der Waals surface area contributed by atoms with Gasteiger partial charge in [-0.05, 0) is 24.8 Å². The van der Waals surface area contributed by atoms with Gasteiger partial charge in [-0.1, -0.05) is 11.2 Å². The summed E-state index contributed by atoms with van der Waals surface area (Å²) in [5, 5.41) is 20.1. The minimum absolute atomic E-state index is 0.0843. The van der Waals surface area contributed by atoms with Crippen molar-refractivity contribution in [1.29, 1.82) is 0 Å². The summed E-state index contributed by atoms with van der Waals surface area (Å²) < 4.78 is 3.83. The van der Waals surface area contributed by atoms with Crippen molar-refractivity contribution in [3.63, 3.8) is 0 Å². The molecule has 6 rings (SSSR count). The number of carbonyl (C=O) groups is 3. The molecule has 3 aromatic rings. The second-order valence-corrected chi connectivity index (χ2v) is 11.2. The summed E-state index contributed by atoms with van der Waals surface area (Å²) in [6.45, 7) is 0.674. The van der Waals surface area contributed by atoms with Crippen molar-refractivity contribution in [2.75, 3.05) is 18.1 Å². The van der Waals surface area contributed by atoms with Crippen molar-refractivity contribution in [3.8, 4) is 0 Å². The number of carboxylic acid groups (broad SMARTS) is 1. The first-order valence-corrected chi connectivity index (χ1v) is 13.9. The van der Waals surface area contributed by atoms with E-state index in [1.807, 2.05) is 45.8 Å². The molecule has 0 unspecified atom stereocenters. The Labute approximate surface area is 224 Å². The zero-order valence-corrected chi connectivity index (χ0v) is 21.6. The first kappa shape index (κ1) is 24.4. The van der Waals surface area contributed by atoms with E-state index in [1.54, 1.807) is 5.38 Å². The minimum Gasteiger partial charge on any atom is -0.543 e. The predicted molar refractivity (Wildman–Crippen MR) is 136 cm³/mol. The van der Waals surface area contributed by atoms with Crippen LogP contribution in [0.2, 0.25) is 0 Å². The van der Waals surface area contributed by atoms with E-state index < -0.39 is 29.2 Å². The van der Waals surface area contributed by atoms with Gasteiger partial charge in [-0.3, -0.25) is 14.5 Å². The average Bonchev–Trinajstić information content (AvgIpc) is 3.50. The molecule has 1 saturated carbocycles. The van der Waals surface area contributed by atoms with Gasteiger partial charge in [0.15, 0.2) is 10.8 Å². The Kier molecular flexibility index (Phi) is 6.27. The van der Waals surface area contributed by atoms with Gasteiger partial charge < -0.3 is 25.8 Å². The summed E-state index contributed by atoms with van der Waals surface area (Å²) in [6, 6.07) is 4.78. The number of rotatable bonds is 9. The number of nitrogens with one attached hydrogen (secondary N) is 1. The lowest BCUT2D eigenvalue weighted by molar-refractivity contribution is -0.662. The lowest BCUT2D eigenvalue weighted by Crippen LogP contribution is -2.71. The Balaban J connectivity index is 1.21. The largest absolute Gasteiger partial charge is 0.543 e. The smallest absolute Gasteiger partial charge is 0.286 e. The number of fused-ring (bicyclic) bond motifs is 2. The summed E-state index contributed by atoms with van der Waals surface area (Å²) in [7, 11) is 0. The topological polar surface area (TPSA) is 158 Å². The number of aromatic nitrogens is 3. The minimum atomic E-state index is -1.43. The molecule has 3 aromatic heterocycles. The molecule has 196 valence electrons. The molecule has 3 N–H and O–H groups in total. The Morgan fingerprint density at radius 1 is 1.32 bits per heavy atom. The fourth-order valence-electron chi connectivity index (χ4n) is 4.48. The van der Waals surface area contributed by atoms with Crippen molar-refractivity contribution in [2.24, 2.45) is 11.1 Å². The van der Waals surface area contributed by atoms with Gasteiger partial charge in [0.2, 0.25) is 0 Å². The van der Waals surface area contributed by atoms with Gasteiger partial charge in [0, 0.05) is 22.8 Å². The molecule has 0 radical (unpaired) electrons. The molecule has 1 aliphatic carbocycles. The van der Waals surface area contributed by atoms with Crippen molar-refractivity contribution in [3.05, 3.63) is 59.1 Å². The molecule has 0 spiro atoms. The van der Waals surface area contributed by atoms with Gasteiger partial charge in [-0.15, -0.1) is 23.1 Å². The summed E-state index contributed by atoms with van der Waals surface area (Å²) >= 11 is 2.54. The van der Waals surface area contributed by atoms with Crippen LogP contribution in [-0.2, 0) is 25.8 Å². The lowest BCUT2D eigenvalue weighted by atomic mass is 10.0. The van der Waals surface area contributed by atoms with Crippen molar-refractivity contribution in [1.82, 2.24) is 19.6 Å². The van der Waals surface area contributed by atoms with E-state index in [-0.39, 0.29) is 28.8 Å². The number of pyridine rings is 1. The monoisotopic (exact) mass is 553 g/mol. The van der Waals surface area contributed by atoms with Gasteiger partial charge in [0.1, 0.15) is 42.7 Å². The molecular formula is C24H23N7O5S2. The molecule has 0 aromatic carbocycles. The maximum atomic E-state index is 13.2. The van der Waals surface area contributed by atoms with Crippen LogP contribution in [0.4, 0.5) is 5.13 Å². The second kappa shape index (κ2) is 9.76. The van der Waals surface area contributed by atoms with Crippen LogP contribution >= 0.6 is 23.1 Å². The highest BCUT2D eigenvalue weighted by Crippen LogP contribution is 2.40. The van der Waals surface area contributed by atoms with Gasteiger partial charge in [-0.2, -0.15) is 0 Å². The van der Waals surface area contributed by atoms with Crippen molar-refractivity contribution in [2.45, 2.75) is 30.8 Å². The Bertz CT molecular complexity index is 1510. The van der Waals surface area contributed by atoms with Crippen LogP contribution in [-0.4, -0.2) is 61.6 Å². The molecular weight excluding hydrogens is 530 g/mol. The van der Waals surface area contributed by atoms with Crippen LogP contribution in [0.5, 0.6) is 0 Å². The van der Waals surface area contributed by atoms with Crippen LogP contribution in [0.25, 0.3) is 5.65 Å². The van der Waals surface area contributed by atoms with Gasteiger partial charge in [0.25, 0.3) is 17.5 Å². The number of hydrogen-bond donors (Lipinski definition) is 2. The number of oxime groups is 1. The van der Waals surface area contributed by atoms with Crippen LogP contribution < -0.4 is 20.7 Å². The third-order valence-electron chi connectivity index (χ3n) is 6.60. The highest BCUT2D eigenvalue weighted by atomic mass is 32.2. The number of carboxylic acids is 1. The molecule has 12 nitrogen and oxygen atoms in total. The zero-order valence-electron chi connectivity index (χ0n) is 20.0. The van der Waals surface area contributed by atoms with E-state index in [0.29, 0.717) is 23.9 Å². The number of thioether (sulfide) groups is 1. The number of carbonyl (C=O) groups excluding carboxylic acids is 3. The molecule has 14 heteroatoms. The number of nitrogen functional groups attached to an aromatic ring is 1. The maximum absolute atomic E-state index is 13.2. The summed E-state index contributed by atoms with van der Waals surface area (Å²) in [4.78, 5) is 49.2. The average molecular weight is 554 g/mol. The standard InChI is InChI=1S/C24H23N7O5S2/c25-24-26-15(12-38-24)17(28-36-10-13-4-5-13)20(32)27-18-21(33)31-19(23(34)35)14(11-37-22(18)31)9-30-8-7-29-6-2-1-3-16(29)30/h1-3,6-8,12-13,18,22H,4-5,9-11H2,(H3-,25,26,27,32,34,35)/b28-17-/t18-,22+/m1/s1. The van der Waals surface area contributed by atoms with E-state index in [0.717, 1.165) is 29.8 Å². The number of hydrogen-bond acceptors (Lipinski definition) is 10. The quantitative estimate of drug-likeness (QED) is 0.155. The highest BCUT2D eigenvalue weighted by molar-refractivity contribution is 8.00. The first-order chi connectivity index (χ1) is 18.4. The zero-order chi connectivity index (χ0) is 26.4. The Morgan fingerprint density at radius 3 is 2.89 bits per heavy atom. The summed E-state index contributed by atoms with van der Waals surface area (Å²) in [5.41, 5.74) is 7.18. The number of nitrogens with two attached hydrogens (primary N) is 1. The Hall–Kier alpha value is -3.91. The van der Waals surface area contributed by atoms with E-state index in [9.17, 15) is 19.5 Å². The Morgan fingerprint density at radius 2 is 2.16 bits per heavy atom. The molecule has 2 fully saturated rings. The fourth-order valence-corrected chi connectivity index (χ4v) is 6.36. The highest BCUT2D eigenvalue weighted by Gasteiger charge is 2.53. The third kappa shape index (κ3) is 4.49. The van der Waals surface area contributed by atoms with Crippen LogP contribution in [0.3, 0.4) is 0 Å². The van der Waals surface area contributed by atoms with Crippen LogP contribution in [0, 0.1) is 5.92 Å². The predicted octanol–water partition coefficient (Wildman–Crippen LogP) is -0.500. The van der Waals surface area contributed by atoms with Gasteiger partial charge >= 0.3 is 0 Å². The molecule has 2 aliphatic heterocycles. The van der Waals surface area contributed by atoms with E-state index in [4.69, 9.17) is 10.6 Å². The normalized spacial score (nSPS) is 21.3. The lowest BCUT2D eigenvalue weighted by Gasteiger charge is -2.50. The molecule has 1 saturated heterocycles. The summed E-state index contributed by atoms with van der Waals surface area (Å²) in [5.74, 6) is -1.83.